The Kier molecular flexibility index (Phi) is 4.73. The number of fused-ring (bicyclic) bond motifs is 1. The molecule has 1 aromatic heterocycles. The van der Waals surface area contributed by atoms with E-state index in [9.17, 15) is 0 Å². The van der Waals surface area contributed by atoms with Crippen LogP contribution in [0.4, 0.5) is 0 Å². The first kappa shape index (κ1) is 17.7. The molecule has 136 valence electrons. The average Bonchev–Trinajstić information content (AvgIpc) is 3.09. The van der Waals surface area contributed by atoms with Gasteiger partial charge in [-0.2, -0.15) is 4.98 Å². The van der Waals surface area contributed by atoms with Gasteiger partial charge in [-0.25, -0.2) is 0 Å². The molecule has 0 saturated heterocycles. The van der Waals surface area contributed by atoms with E-state index in [1.807, 2.05) is 0 Å². The van der Waals surface area contributed by atoms with E-state index in [0.29, 0.717) is 5.89 Å². The zero-order valence-corrected chi connectivity index (χ0v) is 15.9. The Balaban J connectivity index is 1.81. The lowest BCUT2D eigenvalue weighted by atomic mass is 9.96. The third-order valence-corrected chi connectivity index (χ3v) is 4.77. The van der Waals surface area contributed by atoms with Crippen LogP contribution in [0.1, 0.15) is 56.6 Å². The number of nitrogens with zero attached hydrogens (tertiary/aromatic N) is 3. The summed E-state index contributed by atoms with van der Waals surface area (Å²) in [5.74, 6) is 2.98. The van der Waals surface area contributed by atoms with Crippen molar-refractivity contribution in [3.63, 3.8) is 0 Å². The molecule has 3 rings (SSSR count). The number of ether oxygens (including phenoxy) is 2. The lowest BCUT2D eigenvalue weighted by molar-refractivity contribution is 0.157. The first-order valence-electron chi connectivity index (χ1n) is 8.65. The maximum atomic E-state index is 5.53. The number of hydrogen-bond donors (Lipinski definition) is 0. The lowest BCUT2D eigenvalue weighted by Crippen LogP contribution is -2.33. The fourth-order valence-electron chi connectivity index (χ4n) is 3.10. The summed E-state index contributed by atoms with van der Waals surface area (Å²) >= 11 is 0. The van der Waals surface area contributed by atoms with Gasteiger partial charge < -0.3 is 14.0 Å². The van der Waals surface area contributed by atoms with Crippen LogP contribution in [0.3, 0.4) is 0 Å². The van der Waals surface area contributed by atoms with Gasteiger partial charge in [0.25, 0.3) is 0 Å². The SMILES string of the molecule is COc1cc2c(cc1OC)CN([C@@H](C)c1nc(C(C)(C)C)no1)CC2. The Labute approximate surface area is 149 Å². The molecule has 0 saturated carbocycles. The molecular weight excluding hydrogens is 318 g/mol. The molecule has 0 spiro atoms. The Morgan fingerprint density at radius 1 is 1.12 bits per heavy atom. The fraction of sp³-hybridized carbons (Fsp3) is 0.579. The van der Waals surface area contributed by atoms with Crippen LogP contribution < -0.4 is 9.47 Å². The number of benzene rings is 1. The third kappa shape index (κ3) is 3.49. The van der Waals surface area contributed by atoms with Crippen LogP contribution in [0.2, 0.25) is 0 Å². The van der Waals surface area contributed by atoms with Crippen molar-refractivity contribution in [3.8, 4) is 11.5 Å². The minimum absolute atomic E-state index is 0.0739. The van der Waals surface area contributed by atoms with Gasteiger partial charge in [-0.3, -0.25) is 4.90 Å². The summed E-state index contributed by atoms with van der Waals surface area (Å²) in [7, 11) is 3.34. The fourth-order valence-corrected chi connectivity index (χ4v) is 3.10. The highest BCUT2D eigenvalue weighted by molar-refractivity contribution is 5.48. The van der Waals surface area contributed by atoms with Crippen LogP contribution in [-0.2, 0) is 18.4 Å². The van der Waals surface area contributed by atoms with Crippen LogP contribution in [0.5, 0.6) is 11.5 Å². The topological polar surface area (TPSA) is 60.6 Å². The quantitative estimate of drug-likeness (QED) is 0.845. The standard InChI is InChI=1S/C19H27N3O3/c1-12(17-20-18(21-25-17)19(2,3)4)22-8-7-13-9-15(23-5)16(24-6)10-14(13)11-22/h9-10,12H,7-8,11H2,1-6H3/t12-/m0/s1. The second-order valence-corrected chi connectivity index (χ2v) is 7.58. The first-order valence-corrected chi connectivity index (χ1v) is 8.65. The summed E-state index contributed by atoms with van der Waals surface area (Å²) in [6.07, 6.45) is 0.959. The Morgan fingerprint density at radius 3 is 2.32 bits per heavy atom. The molecule has 0 aliphatic carbocycles. The summed E-state index contributed by atoms with van der Waals surface area (Å²) < 4.78 is 16.4. The van der Waals surface area contributed by atoms with Crippen molar-refractivity contribution in [1.82, 2.24) is 15.0 Å². The molecule has 1 aromatic carbocycles. The average molecular weight is 345 g/mol. The summed E-state index contributed by atoms with van der Waals surface area (Å²) in [6, 6.07) is 4.23. The Morgan fingerprint density at radius 2 is 1.76 bits per heavy atom. The third-order valence-electron chi connectivity index (χ3n) is 4.77. The van der Waals surface area contributed by atoms with Crippen LogP contribution in [0.25, 0.3) is 0 Å². The molecule has 2 aromatic rings. The second-order valence-electron chi connectivity index (χ2n) is 7.58. The Hall–Kier alpha value is -2.08. The molecule has 1 atom stereocenters. The predicted molar refractivity (Wildman–Crippen MR) is 95.1 cm³/mol. The van der Waals surface area contributed by atoms with Gasteiger partial charge in [0.2, 0.25) is 5.89 Å². The second kappa shape index (κ2) is 6.67. The van der Waals surface area contributed by atoms with E-state index in [2.05, 4.69) is 54.9 Å². The summed E-state index contributed by atoms with van der Waals surface area (Å²) in [4.78, 5) is 6.96. The van der Waals surface area contributed by atoms with Gasteiger partial charge in [0, 0.05) is 18.5 Å². The zero-order valence-electron chi connectivity index (χ0n) is 15.9. The number of methoxy groups -OCH3 is 2. The number of hydrogen-bond acceptors (Lipinski definition) is 6. The molecule has 6 nitrogen and oxygen atoms in total. The highest BCUT2D eigenvalue weighted by Gasteiger charge is 2.28. The zero-order chi connectivity index (χ0) is 18.2. The van der Waals surface area contributed by atoms with E-state index in [-0.39, 0.29) is 11.5 Å². The van der Waals surface area contributed by atoms with Gasteiger partial charge in [0.05, 0.1) is 20.3 Å². The molecule has 0 bridgehead atoms. The van der Waals surface area contributed by atoms with E-state index < -0.39 is 0 Å². The van der Waals surface area contributed by atoms with E-state index in [4.69, 9.17) is 14.0 Å². The highest BCUT2D eigenvalue weighted by Crippen LogP contribution is 2.35. The molecule has 0 fully saturated rings. The lowest BCUT2D eigenvalue weighted by Gasteiger charge is -2.32. The van der Waals surface area contributed by atoms with Crippen molar-refractivity contribution in [2.24, 2.45) is 0 Å². The van der Waals surface area contributed by atoms with Crippen molar-refractivity contribution in [2.45, 2.75) is 52.1 Å². The van der Waals surface area contributed by atoms with E-state index in [0.717, 1.165) is 36.8 Å². The Bertz CT molecular complexity index is 749. The van der Waals surface area contributed by atoms with Crippen molar-refractivity contribution < 1.29 is 14.0 Å². The summed E-state index contributed by atoms with van der Waals surface area (Å²) in [5, 5.41) is 4.15. The van der Waals surface area contributed by atoms with Gasteiger partial charge in [-0.05, 0) is 36.6 Å². The molecule has 1 aliphatic heterocycles. The molecule has 0 N–H and O–H groups in total. The van der Waals surface area contributed by atoms with Gasteiger partial charge in [-0.1, -0.05) is 25.9 Å². The van der Waals surface area contributed by atoms with Crippen molar-refractivity contribution in [1.29, 1.82) is 0 Å². The minimum Gasteiger partial charge on any atom is -0.493 e. The molecular formula is C19H27N3O3. The van der Waals surface area contributed by atoms with Crippen LogP contribution in [0.15, 0.2) is 16.7 Å². The van der Waals surface area contributed by atoms with E-state index in [1.165, 1.54) is 11.1 Å². The van der Waals surface area contributed by atoms with Crippen LogP contribution >= 0.6 is 0 Å². The smallest absolute Gasteiger partial charge is 0.243 e. The molecule has 25 heavy (non-hydrogen) atoms. The number of aromatic nitrogens is 2. The van der Waals surface area contributed by atoms with E-state index >= 15 is 0 Å². The van der Waals surface area contributed by atoms with Gasteiger partial charge in [-0.15, -0.1) is 0 Å². The van der Waals surface area contributed by atoms with Crippen molar-refractivity contribution >= 4 is 0 Å². The minimum atomic E-state index is -0.111. The molecule has 0 radical (unpaired) electrons. The van der Waals surface area contributed by atoms with Gasteiger partial charge >= 0.3 is 0 Å². The largest absolute Gasteiger partial charge is 0.493 e. The first-order chi connectivity index (χ1) is 11.8. The highest BCUT2D eigenvalue weighted by atomic mass is 16.5. The van der Waals surface area contributed by atoms with Gasteiger partial charge in [0.1, 0.15) is 0 Å². The maximum absolute atomic E-state index is 5.53. The van der Waals surface area contributed by atoms with Crippen LogP contribution in [0, 0.1) is 0 Å². The maximum Gasteiger partial charge on any atom is 0.243 e. The summed E-state index contributed by atoms with van der Waals surface area (Å²) in [6.45, 7) is 10.1. The molecule has 6 heteroatoms. The monoisotopic (exact) mass is 345 g/mol. The summed E-state index contributed by atoms with van der Waals surface area (Å²) in [5.41, 5.74) is 2.45. The van der Waals surface area contributed by atoms with Crippen molar-refractivity contribution in [2.75, 3.05) is 20.8 Å². The molecule has 1 aliphatic rings. The molecule has 0 amide bonds. The normalized spacial score (nSPS) is 16.4. The van der Waals surface area contributed by atoms with Crippen molar-refractivity contribution in [3.05, 3.63) is 35.0 Å². The van der Waals surface area contributed by atoms with Crippen LogP contribution in [-0.4, -0.2) is 35.8 Å². The number of rotatable bonds is 4. The van der Waals surface area contributed by atoms with E-state index in [1.54, 1.807) is 14.2 Å². The molecule has 0 unspecified atom stereocenters. The predicted octanol–water partition coefficient (Wildman–Crippen LogP) is 3.50. The molecule has 2 heterocycles. The van der Waals surface area contributed by atoms with Gasteiger partial charge in [0.15, 0.2) is 17.3 Å².